The number of halogens is 2. The summed E-state index contributed by atoms with van der Waals surface area (Å²) in [5.41, 5.74) is 5.66. The van der Waals surface area contributed by atoms with Crippen molar-refractivity contribution in [2.75, 3.05) is 17.3 Å². The van der Waals surface area contributed by atoms with Crippen LogP contribution in [0.15, 0.2) is 41.5 Å². The van der Waals surface area contributed by atoms with Crippen molar-refractivity contribution in [3.63, 3.8) is 0 Å². The Bertz CT molecular complexity index is 972. The molecule has 0 aliphatic heterocycles. The van der Waals surface area contributed by atoms with Crippen LogP contribution in [-0.4, -0.2) is 37.2 Å². The summed E-state index contributed by atoms with van der Waals surface area (Å²) in [6.45, 7) is 1.46. The number of benzene rings is 1. The first kappa shape index (κ1) is 20.4. The smallest absolute Gasteiger partial charge is 0.274 e. The third kappa shape index (κ3) is 6.10. The number of amides is 1. The van der Waals surface area contributed by atoms with Crippen molar-refractivity contribution in [3.8, 4) is 0 Å². The number of nitrogens with one attached hydrogen (secondary N) is 1. The second kappa shape index (κ2) is 8.21. The van der Waals surface area contributed by atoms with Crippen molar-refractivity contribution in [1.29, 1.82) is 0 Å². The van der Waals surface area contributed by atoms with Crippen LogP contribution in [0.1, 0.15) is 29.0 Å². The number of pyridine rings is 1. The van der Waals surface area contributed by atoms with E-state index in [-0.39, 0.29) is 22.8 Å². The molecule has 0 bridgehead atoms. The van der Waals surface area contributed by atoms with E-state index in [0.717, 1.165) is 24.6 Å². The Morgan fingerprint density at radius 3 is 2.56 bits per heavy atom. The molecule has 0 radical (unpaired) electrons. The molecule has 1 atom stereocenters. The van der Waals surface area contributed by atoms with Crippen molar-refractivity contribution >= 4 is 27.3 Å². The summed E-state index contributed by atoms with van der Waals surface area (Å²) < 4.78 is 50.5. The standard InChI is InChI=1S/C17H18F2N4O3S/c1-10(20)22-16(9-27(2,25)26)13-7-12(4-5-14(13)19)23-17(24)15-6-3-11(18)8-21-15/h3-8,16H,9H2,1-2H3,(H2,20,22)(H,23,24). The van der Waals surface area contributed by atoms with Crippen LogP contribution in [0, 0.1) is 11.6 Å². The van der Waals surface area contributed by atoms with E-state index >= 15 is 0 Å². The second-order valence-electron chi connectivity index (χ2n) is 5.93. The summed E-state index contributed by atoms with van der Waals surface area (Å²) >= 11 is 0. The molecular weight excluding hydrogens is 378 g/mol. The van der Waals surface area contributed by atoms with Gasteiger partial charge in [0.2, 0.25) is 0 Å². The molecule has 0 fully saturated rings. The summed E-state index contributed by atoms with van der Waals surface area (Å²) in [5, 5.41) is 2.50. The molecule has 7 nitrogen and oxygen atoms in total. The molecular formula is C17H18F2N4O3S. The minimum absolute atomic E-state index is 0.0323. The molecule has 3 N–H and O–H groups in total. The highest BCUT2D eigenvalue weighted by molar-refractivity contribution is 7.90. The lowest BCUT2D eigenvalue weighted by Gasteiger charge is -2.15. The number of sulfone groups is 1. The minimum Gasteiger partial charge on any atom is -0.388 e. The van der Waals surface area contributed by atoms with Crippen molar-refractivity contribution in [2.45, 2.75) is 13.0 Å². The van der Waals surface area contributed by atoms with Crippen molar-refractivity contribution < 1.29 is 22.0 Å². The lowest BCUT2D eigenvalue weighted by molar-refractivity contribution is 0.102. The molecule has 1 unspecified atom stereocenters. The first-order valence-electron chi connectivity index (χ1n) is 7.75. The summed E-state index contributed by atoms with van der Waals surface area (Å²) in [5.74, 6) is -2.27. The Morgan fingerprint density at radius 1 is 1.30 bits per heavy atom. The molecule has 0 saturated carbocycles. The number of anilines is 1. The normalized spacial score (nSPS) is 13.3. The highest BCUT2D eigenvalue weighted by Crippen LogP contribution is 2.26. The van der Waals surface area contributed by atoms with Gasteiger partial charge in [0, 0.05) is 17.5 Å². The van der Waals surface area contributed by atoms with Gasteiger partial charge in [-0.2, -0.15) is 0 Å². The number of aromatic nitrogens is 1. The van der Waals surface area contributed by atoms with E-state index in [4.69, 9.17) is 5.73 Å². The van der Waals surface area contributed by atoms with Crippen LogP contribution < -0.4 is 11.1 Å². The lowest BCUT2D eigenvalue weighted by Crippen LogP contribution is -2.18. The first-order valence-corrected chi connectivity index (χ1v) is 9.81. The molecule has 10 heteroatoms. The van der Waals surface area contributed by atoms with E-state index < -0.39 is 39.2 Å². The van der Waals surface area contributed by atoms with Crippen LogP contribution >= 0.6 is 0 Å². The van der Waals surface area contributed by atoms with Crippen LogP contribution in [0.5, 0.6) is 0 Å². The van der Waals surface area contributed by atoms with Crippen molar-refractivity contribution in [1.82, 2.24) is 4.98 Å². The average molecular weight is 396 g/mol. The van der Waals surface area contributed by atoms with E-state index in [0.29, 0.717) is 0 Å². The van der Waals surface area contributed by atoms with E-state index in [1.54, 1.807) is 0 Å². The van der Waals surface area contributed by atoms with E-state index in [1.807, 2.05) is 0 Å². The van der Waals surface area contributed by atoms with E-state index in [1.165, 1.54) is 25.1 Å². The molecule has 27 heavy (non-hydrogen) atoms. The highest BCUT2D eigenvalue weighted by Gasteiger charge is 2.21. The number of hydrogen-bond acceptors (Lipinski definition) is 5. The second-order valence-corrected chi connectivity index (χ2v) is 8.12. The summed E-state index contributed by atoms with van der Waals surface area (Å²) in [6.07, 6.45) is 1.90. The number of amidine groups is 1. The van der Waals surface area contributed by atoms with Crippen LogP contribution in [0.3, 0.4) is 0 Å². The molecule has 0 saturated heterocycles. The van der Waals surface area contributed by atoms with E-state index in [2.05, 4.69) is 15.3 Å². The van der Waals surface area contributed by atoms with Gasteiger partial charge in [0.05, 0.1) is 23.8 Å². The topological polar surface area (TPSA) is 115 Å². The fourth-order valence-corrected chi connectivity index (χ4v) is 3.14. The Kier molecular flexibility index (Phi) is 6.21. The maximum Gasteiger partial charge on any atom is 0.274 e. The molecule has 1 heterocycles. The molecule has 144 valence electrons. The number of hydrogen-bond donors (Lipinski definition) is 2. The molecule has 2 aromatic rings. The van der Waals surface area contributed by atoms with Crippen LogP contribution in [0.4, 0.5) is 14.5 Å². The van der Waals surface area contributed by atoms with Crippen molar-refractivity contribution in [3.05, 3.63) is 59.4 Å². The zero-order valence-electron chi connectivity index (χ0n) is 14.6. The molecule has 0 aliphatic rings. The Morgan fingerprint density at radius 2 is 2.00 bits per heavy atom. The van der Waals surface area contributed by atoms with Gasteiger partial charge in [0.1, 0.15) is 27.2 Å². The van der Waals surface area contributed by atoms with Gasteiger partial charge >= 0.3 is 0 Å². The zero-order chi connectivity index (χ0) is 20.2. The highest BCUT2D eigenvalue weighted by atomic mass is 32.2. The SMILES string of the molecule is CC(N)=NC(CS(C)(=O)=O)c1cc(NC(=O)c2ccc(F)cn2)ccc1F. The Labute approximate surface area is 155 Å². The van der Waals surface area contributed by atoms with Crippen LogP contribution in [-0.2, 0) is 9.84 Å². The third-order valence-electron chi connectivity index (χ3n) is 3.39. The number of carbonyl (C=O) groups is 1. The Balaban J connectivity index is 2.34. The molecule has 1 aromatic carbocycles. The number of nitrogens with zero attached hydrogens (tertiary/aromatic N) is 2. The predicted octanol–water partition coefficient (Wildman–Crippen LogP) is 2.07. The number of nitrogens with two attached hydrogens (primary N) is 1. The summed E-state index contributed by atoms with van der Waals surface area (Å²) in [6, 6.07) is 4.88. The maximum atomic E-state index is 14.3. The first-order chi connectivity index (χ1) is 12.5. The number of aliphatic imine (C=N–C) groups is 1. The van der Waals surface area contributed by atoms with Gasteiger partial charge in [-0.25, -0.2) is 22.2 Å². The molecule has 0 spiro atoms. The number of carbonyl (C=O) groups excluding carboxylic acids is 1. The zero-order valence-corrected chi connectivity index (χ0v) is 15.4. The minimum atomic E-state index is -3.48. The van der Waals surface area contributed by atoms with Gasteiger partial charge in [0.15, 0.2) is 0 Å². The third-order valence-corrected chi connectivity index (χ3v) is 4.31. The monoisotopic (exact) mass is 396 g/mol. The van der Waals surface area contributed by atoms with Gasteiger partial charge in [-0.3, -0.25) is 9.79 Å². The maximum absolute atomic E-state index is 14.3. The van der Waals surface area contributed by atoms with Gasteiger partial charge in [0.25, 0.3) is 5.91 Å². The largest absolute Gasteiger partial charge is 0.388 e. The molecule has 1 amide bonds. The number of rotatable bonds is 6. The van der Waals surface area contributed by atoms with Crippen molar-refractivity contribution in [2.24, 2.45) is 10.7 Å². The van der Waals surface area contributed by atoms with E-state index in [9.17, 15) is 22.0 Å². The molecule has 2 rings (SSSR count). The van der Waals surface area contributed by atoms with Gasteiger partial charge in [-0.15, -0.1) is 0 Å². The Hall–Kier alpha value is -2.88. The van der Waals surface area contributed by atoms with Gasteiger partial charge in [-0.1, -0.05) is 0 Å². The molecule has 1 aromatic heterocycles. The predicted molar refractivity (Wildman–Crippen MR) is 98.3 cm³/mol. The molecule has 0 aliphatic carbocycles. The quantitative estimate of drug-likeness (QED) is 0.573. The fourth-order valence-electron chi connectivity index (χ4n) is 2.31. The van der Waals surface area contributed by atoms with Crippen LogP contribution in [0.2, 0.25) is 0 Å². The summed E-state index contributed by atoms with van der Waals surface area (Å²) in [4.78, 5) is 19.8. The fraction of sp³-hybridized carbons (Fsp3) is 0.235. The van der Waals surface area contributed by atoms with Crippen LogP contribution in [0.25, 0.3) is 0 Å². The average Bonchev–Trinajstić information content (AvgIpc) is 2.55. The lowest BCUT2D eigenvalue weighted by atomic mass is 10.1. The summed E-state index contributed by atoms with van der Waals surface area (Å²) in [7, 11) is -3.48. The van der Waals surface area contributed by atoms with Gasteiger partial charge < -0.3 is 11.1 Å². The van der Waals surface area contributed by atoms with Gasteiger partial charge in [-0.05, 0) is 37.3 Å².